The maximum Gasteiger partial charge on any atom is 0.303 e. The molecule has 1 N–H and O–H groups in total. The zero-order valence-corrected chi connectivity index (χ0v) is 17.2. The number of aromatic nitrogens is 2. The summed E-state index contributed by atoms with van der Waals surface area (Å²) in [5.41, 5.74) is 3.16. The van der Waals surface area contributed by atoms with Crippen molar-refractivity contribution in [2.24, 2.45) is 0 Å². The van der Waals surface area contributed by atoms with E-state index >= 15 is 0 Å². The van der Waals surface area contributed by atoms with E-state index in [0.717, 1.165) is 41.2 Å². The summed E-state index contributed by atoms with van der Waals surface area (Å²) in [6.07, 6.45) is 4.44. The molecule has 29 heavy (non-hydrogen) atoms. The monoisotopic (exact) mass is 412 g/mol. The minimum absolute atomic E-state index is 0.212. The molecular formula is C23H25ClN2O3. The number of carbonyl (C=O) groups is 1. The molecule has 0 aliphatic heterocycles. The molecule has 0 unspecified atom stereocenters. The Kier molecular flexibility index (Phi) is 7.30. The maximum absolute atomic E-state index is 10.6. The number of carboxylic acids is 1. The van der Waals surface area contributed by atoms with Crippen LogP contribution in [0.4, 0.5) is 0 Å². The van der Waals surface area contributed by atoms with Gasteiger partial charge in [-0.3, -0.25) is 4.79 Å². The highest BCUT2D eigenvalue weighted by Gasteiger charge is 2.12. The lowest BCUT2D eigenvalue weighted by molar-refractivity contribution is -0.137. The Bertz CT molecular complexity index is 951. The van der Waals surface area contributed by atoms with E-state index in [4.69, 9.17) is 21.4 Å². The Morgan fingerprint density at radius 1 is 1.10 bits per heavy atom. The van der Waals surface area contributed by atoms with Crippen LogP contribution in [-0.4, -0.2) is 27.2 Å². The third-order valence-corrected chi connectivity index (χ3v) is 5.00. The number of aryl methyl sites for hydroxylation is 1. The maximum atomic E-state index is 10.6. The highest BCUT2D eigenvalue weighted by molar-refractivity contribution is 6.30. The number of para-hydroxylation sites is 1. The molecule has 5 nitrogen and oxygen atoms in total. The first kappa shape index (κ1) is 20.9. The normalized spacial score (nSPS) is 10.8. The van der Waals surface area contributed by atoms with Crippen LogP contribution in [0.2, 0.25) is 5.02 Å². The van der Waals surface area contributed by atoms with Gasteiger partial charge in [0.25, 0.3) is 0 Å². The molecule has 0 amide bonds. The first-order chi connectivity index (χ1) is 14.0. The minimum atomic E-state index is -0.747. The van der Waals surface area contributed by atoms with Crippen LogP contribution in [0, 0.1) is 6.92 Å². The number of halogens is 1. The van der Waals surface area contributed by atoms with E-state index in [9.17, 15) is 4.79 Å². The van der Waals surface area contributed by atoms with Crippen molar-refractivity contribution in [1.29, 1.82) is 0 Å². The molecule has 1 aromatic heterocycles. The molecule has 3 aromatic rings. The summed E-state index contributed by atoms with van der Waals surface area (Å²) in [7, 11) is 0. The molecule has 0 aliphatic carbocycles. The molecule has 0 aliphatic rings. The number of unbranched alkanes of at least 4 members (excludes halogenated alkanes) is 2. The van der Waals surface area contributed by atoms with E-state index in [0.29, 0.717) is 24.6 Å². The lowest BCUT2D eigenvalue weighted by atomic mass is 10.1. The number of hydrogen-bond donors (Lipinski definition) is 1. The smallest absolute Gasteiger partial charge is 0.303 e. The summed E-state index contributed by atoms with van der Waals surface area (Å²) in [5.74, 6) is 0.993. The van der Waals surface area contributed by atoms with Crippen molar-refractivity contribution < 1.29 is 14.6 Å². The largest absolute Gasteiger partial charge is 0.493 e. The Morgan fingerprint density at radius 3 is 2.62 bits per heavy atom. The Labute approximate surface area is 175 Å². The lowest BCUT2D eigenvalue weighted by Crippen LogP contribution is -2.07. The van der Waals surface area contributed by atoms with Crippen LogP contribution in [0.5, 0.6) is 5.75 Å². The van der Waals surface area contributed by atoms with Crippen molar-refractivity contribution in [3.63, 3.8) is 0 Å². The molecule has 0 fully saturated rings. The molecule has 0 spiro atoms. The molecule has 0 radical (unpaired) electrons. The van der Waals surface area contributed by atoms with Crippen LogP contribution in [0.25, 0.3) is 11.4 Å². The van der Waals surface area contributed by atoms with E-state index in [1.807, 2.05) is 55.6 Å². The first-order valence-electron chi connectivity index (χ1n) is 9.75. The van der Waals surface area contributed by atoms with E-state index in [1.165, 1.54) is 0 Å². The van der Waals surface area contributed by atoms with Gasteiger partial charge in [0.05, 0.1) is 13.2 Å². The number of hydrogen-bond acceptors (Lipinski definition) is 3. The molecule has 2 aromatic carbocycles. The lowest BCUT2D eigenvalue weighted by Gasteiger charge is -2.15. The Balaban J connectivity index is 1.69. The van der Waals surface area contributed by atoms with E-state index < -0.39 is 5.97 Å². The average Bonchev–Trinajstić information content (AvgIpc) is 3.06. The van der Waals surface area contributed by atoms with Crippen LogP contribution in [0.15, 0.2) is 54.7 Å². The topological polar surface area (TPSA) is 64.4 Å². The van der Waals surface area contributed by atoms with Gasteiger partial charge in [-0.25, -0.2) is 4.98 Å². The van der Waals surface area contributed by atoms with Crippen molar-refractivity contribution in [3.05, 3.63) is 71.0 Å². The number of imidazole rings is 1. The summed E-state index contributed by atoms with van der Waals surface area (Å²) < 4.78 is 8.16. The molecule has 1 heterocycles. The molecule has 0 atom stereocenters. The summed E-state index contributed by atoms with van der Waals surface area (Å²) in [6.45, 7) is 3.26. The van der Waals surface area contributed by atoms with Gasteiger partial charge in [0.2, 0.25) is 0 Å². The van der Waals surface area contributed by atoms with Gasteiger partial charge in [-0.15, -0.1) is 0 Å². The third-order valence-electron chi connectivity index (χ3n) is 4.75. The van der Waals surface area contributed by atoms with Crippen LogP contribution in [-0.2, 0) is 11.3 Å². The van der Waals surface area contributed by atoms with E-state index in [1.54, 1.807) is 0 Å². The van der Waals surface area contributed by atoms with Crippen molar-refractivity contribution in [2.75, 3.05) is 6.61 Å². The predicted octanol–water partition coefficient (Wildman–Crippen LogP) is 5.58. The Morgan fingerprint density at radius 2 is 1.86 bits per heavy atom. The first-order valence-corrected chi connectivity index (χ1v) is 10.1. The second kappa shape index (κ2) is 10.1. The molecular weight excluding hydrogens is 388 g/mol. The van der Waals surface area contributed by atoms with Gasteiger partial charge in [-0.05, 0) is 56.5 Å². The van der Waals surface area contributed by atoms with Crippen LogP contribution in [0.3, 0.4) is 0 Å². The third kappa shape index (κ3) is 5.84. The highest BCUT2D eigenvalue weighted by Crippen LogP contribution is 2.26. The number of nitrogens with zero attached hydrogens (tertiary/aromatic N) is 2. The molecule has 0 saturated heterocycles. The molecule has 0 bridgehead atoms. The van der Waals surface area contributed by atoms with Gasteiger partial charge in [0.15, 0.2) is 0 Å². The van der Waals surface area contributed by atoms with Gasteiger partial charge in [0, 0.05) is 34.5 Å². The summed E-state index contributed by atoms with van der Waals surface area (Å²) in [6, 6.07) is 15.7. The SMILES string of the molecule is Cc1cnc(-c2ccc(Cl)cc2)n1Cc1ccccc1OCCCCCC(=O)O. The second-order valence-corrected chi connectivity index (χ2v) is 7.41. The van der Waals surface area contributed by atoms with Crippen molar-refractivity contribution in [1.82, 2.24) is 9.55 Å². The van der Waals surface area contributed by atoms with Crippen molar-refractivity contribution in [2.45, 2.75) is 39.2 Å². The fourth-order valence-corrected chi connectivity index (χ4v) is 3.30. The molecule has 6 heteroatoms. The standard InChI is InChI=1S/C23H25ClN2O3/c1-17-15-25-23(18-10-12-20(24)13-11-18)26(17)16-19-7-4-5-8-21(19)29-14-6-2-3-9-22(27)28/h4-5,7-8,10-13,15H,2-3,6,9,14,16H2,1H3,(H,27,28). The summed E-state index contributed by atoms with van der Waals surface area (Å²) in [5, 5.41) is 9.40. The quantitative estimate of drug-likeness (QED) is 0.441. The van der Waals surface area contributed by atoms with Crippen LogP contribution >= 0.6 is 11.6 Å². The number of carboxylic acid groups (broad SMARTS) is 1. The summed E-state index contributed by atoms with van der Waals surface area (Å²) >= 11 is 6.02. The zero-order valence-electron chi connectivity index (χ0n) is 16.5. The van der Waals surface area contributed by atoms with Crippen LogP contribution < -0.4 is 4.74 Å². The number of rotatable bonds is 10. The van der Waals surface area contributed by atoms with Crippen LogP contribution in [0.1, 0.15) is 36.9 Å². The van der Waals surface area contributed by atoms with Gasteiger partial charge < -0.3 is 14.4 Å². The zero-order chi connectivity index (χ0) is 20.6. The molecule has 0 saturated carbocycles. The molecule has 152 valence electrons. The average molecular weight is 413 g/mol. The fraction of sp³-hybridized carbons (Fsp3) is 0.304. The Hall–Kier alpha value is -2.79. The second-order valence-electron chi connectivity index (χ2n) is 6.98. The highest BCUT2D eigenvalue weighted by atomic mass is 35.5. The van der Waals surface area contributed by atoms with Gasteiger partial charge >= 0.3 is 5.97 Å². The number of aliphatic carboxylic acids is 1. The minimum Gasteiger partial charge on any atom is -0.493 e. The molecule has 3 rings (SSSR count). The van der Waals surface area contributed by atoms with Gasteiger partial charge in [0.1, 0.15) is 11.6 Å². The van der Waals surface area contributed by atoms with Crippen molar-refractivity contribution >= 4 is 17.6 Å². The predicted molar refractivity (Wildman–Crippen MR) is 115 cm³/mol. The fourth-order valence-electron chi connectivity index (χ4n) is 3.17. The van der Waals surface area contributed by atoms with E-state index in [-0.39, 0.29) is 6.42 Å². The van der Waals surface area contributed by atoms with Gasteiger partial charge in [-0.2, -0.15) is 0 Å². The summed E-state index contributed by atoms with van der Waals surface area (Å²) in [4.78, 5) is 15.2. The van der Waals surface area contributed by atoms with Crippen molar-refractivity contribution in [3.8, 4) is 17.1 Å². The number of ether oxygens (including phenoxy) is 1. The number of benzene rings is 2. The van der Waals surface area contributed by atoms with Gasteiger partial charge in [-0.1, -0.05) is 29.8 Å². The van der Waals surface area contributed by atoms with E-state index in [2.05, 4.69) is 15.6 Å².